The first-order chi connectivity index (χ1) is 6.13. The lowest BCUT2D eigenvalue weighted by Crippen LogP contribution is -2.38. The van der Waals surface area contributed by atoms with E-state index in [9.17, 15) is 4.79 Å². The van der Waals surface area contributed by atoms with Crippen LogP contribution in [0.2, 0.25) is 0 Å². The van der Waals surface area contributed by atoms with E-state index in [1.165, 1.54) is 0 Å². The zero-order valence-electron chi connectivity index (χ0n) is 8.88. The monoisotopic (exact) mass is 184 g/mol. The summed E-state index contributed by atoms with van der Waals surface area (Å²) in [6, 6.07) is 0. The van der Waals surface area contributed by atoms with Crippen molar-refractivity contribution in [2.45, 2.75) is 45.1 Å². The number of hydrogen-bond acceptors (Lipinski definition) is 2. The van der Waals surface area contributed by atoms with Gasteiger partial charge in [-0.1, -0.05) is 13.8 Å². The highest BCUT2D eigenvalue weighted by molar-refractivity contribution is 5.62. The van der Waals surface area contributed by atoms with Crippen LogP contribution in [-0.2, 0) is 9.53 Å². The van der Waals surface area contributed by atoms with Crippen molar-refractivity contribution in [3.63, 3.8) is 0 Å². The molecule has 1 fully saturated rings. The highest BCUT2D eigenvalue weighted by atomic mass is 16.5. The number of methoxy groups -OCH3 is 1. The standard InChI is InChI=1S/C11H20O2/c1-9(2)10-4-6-11(8-12,13-3)7-5-10/h8-10H,4-7H2,1-3H3. The normalized spacial score (nSPS) is 34.9. The average Bonchev–Trinajstić information content (AvgIpc) is 2.18. The summed E-state index contributed by atoms with van der Waals surface area (Å²) in [6.45, 7) is 4.51. The minimum atomic E-state index is -0.453. The van der Waals surface area contributed by atoms with E-state index in [-0.39, 0.29) is 0 Å². The second-order valence-electron chi connectivity index (χ2n) is 4.47. The number of hydrogen-bond donors (Lipinski definition) is 0. The molecule has 0 unspecified atom stereocenters. The van der Waals surface area contributed by atoms with Gasteiger partial charge in [-0.3, -0.25) is 0 Å². The van der Waals surface area contributed by atoms with Gasteiger partial charge in [0, 0.05) is 7.11 Å². The zero-order chi connectivity index (χ0) is 9.90. The van der Waals surface area contributed by atoms with Crippen LogP contribution in [0, 0.1) is 11.8 Å². The van der Waals surface area contributed by atoms with Gasteiger partial charge < -0.3 is 9.53 Å². The summed E-state index contributed by atoms with van der Waals surface area (Å²) in [4.78, 5) is 10.9. The van der Waals surface area contributed by atoms with Gasteiger partial charge in [-0.15, -0.1) is 0 Å². The van der Waals surface area contributed by atoms with Gasteiger partial charge in [0.25, 0.3) is 0 Å². The van der Waals surface area contributed by atoms with Gasteiger partial charge in [0.2, 0.25) is 0 Å². The molecule has 1 aliphatic carbocycles. The second-order valence-corrected chi connectivity index (χ2v) is 4.47. The Kier molecular flexibility index (Phi) is 3.48. The fraction of sp³-hybridized carbons (Fsp3) is 0.909. The molecule has 0 N–H and O–H groups in total. The molecule has 0 heterocycles. The molecular weight excluding hydrogens is 164 g/mol. The molecule has 1 aliphatic rings. The summed E-state index contributed by atoms with van der Waals surface area (Å²) in [5, 5.41) is 0. The van der Waals surface area contributed by atoms with Crippen molar-refractivity contribution in [1.29, 1.82) is 0 Å². The molecule has 0 aromatic carbocycles. The first-order valence-corrected chi connectivity index (χ1v) is 5.15. The Balaban J connectivity index is 2.50. The van der Waals surface area contributed by atoms with Gasteiger partial charge in [0.15, 0.2) is 6.29 Å². The molecule has 0 aromatic rings. The van der Waals surface area contributed by atoms with Crippen LogP contribution in [0.1, 0.15) is 39.5 Å². The third kappa shape index (κ3) is 2.31. The third-order valence-electron chi connectivity index (χ3n) is 3.44. The third-order valence-corrected chi connectivity index (χ3v) is 3.44. The predicted molar refractivity (Wildman–Crippen MR) is 52.6 cm³/mol. The van der Waals surface area contributed by atoms with Crippen LogP contribution in [0.15, 0.2) is 0 Å². The SMILES string of the molecule is COC1(C=O)CCC(C(C)C)CC1. The van der Waals surface area contributed by atoms with Crippen molar-refractivity contribution >= 4 is 6.29 Å². The fourth-order valence-electron chi connectivity index (χ4n) is 2.17. The summed E-state index contributed by atoms with van der Waals surface area (Å²) in [7, 11) is 1.64. The Morgan fingerprint density at radius 3 is 2.23 bits per heavy atom. The van der Waals surface area contributed by atoms with Crippen LogP contribution in [0.5, 0.6) is 0 Å². The van der Waals surface area contributed by atoms with Crippen LogP contribution in [0.3, 0.4) is 0 Å². The molecule has 76 valence electrons. The fourth-order valence-corrected chi connectivity index (χ4v) is 2.17. The average molecular weight is 184 g/mol. The van der Waals surface area contributed by atoms with Crippen molar-refractivity contribution in [3.8, 4) is 0 Å². The summed E-state index contributed by atoms with van der Waals surface area (Å²) >= 11 is 0. The molecule has 13 heavy (non-hydrogen) atoms. The van der Waals surface area contributed by atoms with E-state index in [2.05, 4.69) is 13.8 Å². The molecule has 0 atom stereocenters. The lowest BCUT2D eigenvalue weighted by molar-refractivity contribution is -0.133. The Hall–Kier alpha value is -0.370. The van der Waals surface area contributed by atoms with E-state index < -0.39 is 5.60 Å². The molecule has 0 aliphatic heterocycles. The molecule has 0 spiro atoms. The highest BCUT2D eigenvalue weighted by Gasteiger charge is 2.35. The van der Waals surface area contributed by atoms with Gasteiger partial charge in [0.1, 0.15) is 5.60 Å². The number of ether oxygens (including phenoxy) is 1. The van der Waals surface area contributed by atoms with Crippen LogP contribution in [-0.4, -0.2) is 19.0 Å². The van der Waals surface area contributed by atoms with Gasteiger partial charge in [-0.05, 0) is 37.5 Å². The smallest absolute Gasteiger partial charge is 0.151 e. The van der Waals surface area contributed by atoms with Gasteiger partial charge in [0.05, 0.1) is 0 Å². The van der Waals surface area contributed by atoms with Crippen LogP contribution < -0.4 is 0 Å². The molecule has 0 radical (unpaired) electrons. The quantitative estimate of drug-likeness (QED) is 0.630. The molecule has 0 saturated heterocycles. The Bertz CT molecular complexity index is 167. The number of carbonyl (C=O) groups is 1. The molecule has 0 amide bonds. The van der Waals surface area contributed by atoms with Crippen LogP contribution in [0.25, 0.3) is 0 Å². The van der Waals surface area contributed by atoms with E-state index in [0.717, 1.165) is 43.8 Å². The van der Waals surface area contributed by atoms with Crippen molar-refractivity contribution in [2.24, 2.45) is 11.8 Å². The van der Waals surface area contributed by atoms with Crippen molar-refractivity contribution in [2.75, 3.05) is 7.11 Å². The second kappa shape index (κ2) is 4.23. The van der Waals surface area contributed by atoms with E-state index in [4.69, 9.17) is 4.74 Å². The Morgan fingerprint density at radius 2 is 1.92 bits per heavy atom. The maximum atomic E-state index is 10.9. The van der Waals surface area contributed by atoms with Gasteiger partial charge in [-0.25, -0.2) is 0 Å². The maximum Gasteiger partial charge on any atom is 0.151 e. The zero-order valence-corrected chi connectivity index (χ0v) is 8.88. The minimum absolute atomic E-state index is 0.453. The first-order valence-electron chi connectivity index (χ1n) is 5.15. The molecule has 2 nitrogen and oxygen atoms in total. The topological polar surface area (TPSA) is 26.3 Å². The molecule has 0 aromatic heterocycles. The number of rotatable bonds is 3. The number of aldehydes is 1. The molecule has 1 rings (SSSR count). The summed E-state index contributed by atoms with van der Waals surface area (Å²) in [5.74, 6) is 1.52. The van der Waals surface area contributed by atoms with E-state index >= 15 is 0 Å². The summed E-state index contributed by atoms with van der Waals surface area (Å²) in [5.41, 5.74) is -0.453. The molecule has 1 saturated carbocycles. The lowest BCUT2D eigenvalue weighted by Gasteiger charge is -2.36. The van der Waals surface area contributed by atoms with E-state index in [1.54, 1.807) is 7.11 Å². The first kappa shape index (κ1) is 10.7. The molecule has 2 heteroatoms. The van der Waals surface area contributed by atoms with Crippen molar-refractivity contribution in [1.82, 2.24) is 0 Å². The summed E-state index contributed by atoms with van der Waals surface area (Å²) in [6.07, 6.45) is 5.05. The van der Waals surface area contributed by atoms with Gasteiger partial charge >= 0.3 is 0 Å². The van der Waals surface area contributed by atoms with Crippen LogP contribution in [0.4, 0.5) is 0 Å². The Labute approximate surface area is 80.7 Å². The lowest BCUT2D eigenvalue weighted by atomic mass is 9.75. The minimum Gasteiger partial charge on any atom is -0.371 e. The van der Waals surface area contributed by atoms with Crippen molar-refractivity contribution < 1.29 is 9.53 Å². The summed E-state index contributed by atoms with van der Waals surface area (Å²) < 4.78 is 5.29. The van der Waals surface area contributed by atoms with E-state index in [0.29, 0.717) is 0 Å². The molecule has 0 bridgehead atoms. The number of carbonyl (C=O) groups excluding carboxylic acids is 1. The highest BCUT2D eigenvalue weighted by Crippen LogP contribution is 2.36. The maximum absolute atomic E-state index is 10.9. The van der Waals surface area contributed by atoms with Gasteiger partial charge in [-0.2, -0.15) is 0 Å². The van der Waals surface area contributed by atoms with Crippen LogP contribution >= 0.6 is 0 Å². The van der Waals surface area contributed by atoms with Crippen molar-refractivity contribution in [3.05, 3.63) is 0 Å². The predicted octanol–water partition coefficient (Wildman–Crippen LogP) is 2.42. The van der Waals surface area contributed by atoms with E-state index in [1.807, 2.05) is 0 Å². The Morgan fingerprint density at radius 1 is 1.38 bits per heavy atom. The largest absolute Gasteiger partial charge is 0.371 e. The molecular formula is C11H20O2.